The van der Waals surface area contributed by atoms with Gasteiger partial charge in [-0.3, -0.25) is 0 Å². The average molecular weight is 263 g/mol. The van der Waals surface area contributed by atoms with Gasteiger partial charge in [-0.05, 0) is 47.0 Å². The highest BCUT2D eigenvalue weighted by atomic mass is 32.2. The number of nitrogens with one attached hydrogen (secondary N) is 1. The molecule has 5 nitrogen and oxygen atoms in total. The minimum absolute atomic E-state index is 0.167. The highest BCUT2D eigenvalue weighted by Crippen LogP contribution is 2.27. The molecule has 0 saturated carbocycles. The van der Waals surface area contributed by atoms with Crippen molar-refractivity contribution in [1.29, 1.82) is 0 Å². The third-order valence-electron chi connectivity index (χ3n) is 2.48. The van der Waals surface area contributed by atoms with Crippen molar-refractivity contribution < 1.29 is 18.3 Å². The molecule has 0 aliphatic carbocycles. The Morgan fingerprint density at radius 3 is 1.71 bits per heavy atom. The molecular weight excluding hydrogens is 242 g/mol. The molecule has 1 fully saturated rings. The summed E-state index contributed by atoms with van der Waals surface area (Å²) < 4.78 is 18.7. The molecular formula is C11H21NO4S. The molecule has 0 radical (unpaired) electrons. The maximum Gasteiger partial charge on any atom is 0.343 e. The van der Waals surface area contributed by atoms with Crippen LogP contribution in [0.15, 0.2) is 0 Å². The summed E-state index contributed by atoms with van der Waals surface area (Å²) >= 11 is 0. The Kier molecular flexibility index (Phi) is 5.84. The Morgan fingerprint density at radius 2 is 1.59 bits per heavy atom. The topological polar surface area (TPSA) is 83.5 Å². The van der Waals surface area contributed by atoms with E-state index in [9.17, 15) is 13.2 Å². The van der Waals surface area contributed by atoms with Gasteiger partial charge in [0.25, 0.3) is 0 Å². The quantitative estimate of drug-likeness (QED) is 0.691. The van der Waals surface area contributed by atoms with Gasteiger partial charge in [0.05, 0.1) is 0 Å². The molecule has 0 aromatic carbocycles. The van der Waals surface area contributed by atoms with Crippen LogP contribution in [0.1, 0.15) is 47.0 Å². The number of carboxylic acids is 1. The molecule has 0 bridgehead atoms. The lowest BCUT2D eigenvalue weighted by molar-refractivity contribution is -0.128. The summed E-state index contributed by atoms with van der Waals surface area (Å²) in [6.07, 6.45) is 4.00. The molecule has 0 aromatic heterocycles. The monoisotopic (exact) mass is 263 g/mol. The van der Waals surface area contributed by atoms with Crippen molar-refractivity contribution in [2.24, 2.45) is 0 Å². The molecule has 0 aromatic rings. The zero-order valence-electron chi connectivity index (χ0n) is 10.8. The van der Waals surface area contributed by atoms with Crippen LogP contribution in [0, 0.1) is 0 Å². The predicted molar refractivity (Wildman–Crippen MR) is 67.8 cm³/mol. The molecule has 2 N–H and O–H groups in total. The predicted octanol–water partition coefficient (Wildman–Crippen LogP) is 1.07. The van der Waals surface area contributed by atoms with Crippen LogP contribution < -0.4 is 5.32 Å². The molecule has 1 aliphatic heterocycles. The second kappa shape index (κ2) is 6.16. The largest absolute Gasteiger partial charge is 0.477 e. The van der Waals surface area contributed by atoms with Crippen molar-refractivity contribution in [2.45, 2.75) is 58.0 Å². The molecule has 0 spiro atoms. The van der Waals surface area contributed by atoms with Gasteiger partial charge < -0.3 is 10.4 Å². The zero-order valence-corrected chi connectivity index (χ0v) is 11.6. The minimum atomic E-state index is -2.57. The number of carbonyl (C=O) groups is 1. The average Bonchev–Trinajstić information content (AvgIpc) is 1.95. The smallest absolute Gasteiger partial charge is 0.343 e. The summed E-state index contributed by atoms with van der Waals surface area (Å²) in [5.74, 6) is -1.45. The first-order valence-corrected chi connectivity index (χ1v) is 6.63. The van der Waals surface area contributed by atoms with E-state index < -0.39 is 16.3 Å². The summed E-state index contributed by atoms with van der Waals surface area (Å²) in [6.45, 7) is 9.14. The molecule has 100 valence electrons. The number of hydrogen-bond donors (Lipinski definition) is 2. The Hall–Kier alpha value is -0.880. The number of carboxylic acid groups (broad SMARTS) is 1. The fourth-order valence-corrected chi connectivity index (χ4v) is 2.26. The fourth-order valence-electron chi connectivity index (χ4n) is 2.10. The van der Waals surface area contributed by atoms with Crippen molar-refractivity contribution in [1.82, 2.24) is 5.32 Å². The van der Waals surface area contributed by atoms with Crippen LogP contribution in [-0.4, -0.2) is 35.9 Å². The van der Waals surface area contributed by atoms with E-state index in [1.807, 2.05) is 0 Å². The maximum atomic E-state index is 9.37. The highest BCUT2D eigenvalue weighted by molar-refractivity contribution is 7.73. The summed E-state index contributed by atoms with van der Waals surface area (Å²) in [7, 11) is -2.57. The van der Waals surface area contributed by atoms with E-state index in [-0.39, 0.29) is 5.37 Å². The van der Waals surface area contributed by atoms with E-state index in [1.165, 1.54) is 19.3 Å². The van der Waals surface area contributed by atoms with E-state index in [0.29, 0.717) is 11.1 Å². The van der Waals surface area contributed by atoms with Gasteiger partial charge in [0.15, 0.2) is 0 Å². The normalized spacial score (nSPS) is 20.7. The van der Waals surface area contributed by atoms with Gasteiger partial charge in [0.1, 0.15) is 5.37 Å². The first kappa shape index (κ1) is 16.1. The van der Waals surface area contributed by atoms with E-state index in [0.717, 1.165) is 0 Å². The summed E-state index contributed by atoms with van der Waals surface area (Å²) in [5, 5.41) is 11.4. The van der Waals surface area contributed by atoms with E-state index >= 15 is 0 Å². The summed E-state index contributed by atoms with van der Waals surface area (Å²) in [6, 6.07) is 0. The van der Waals surface area contributed by atoms with Crippen LogP contribution >= 0.6 is 0 Å². The molecule has 1 saturated heterocycles. The van der Waals surface area contributed by atoms with E-state index in [1.54, 1.807) is 0 Å². The van der Waals surface area contributed by atoms with Crippen molar-refractivity contribution in [2.75, 3.05) is 0 Å². The van der Waals surface area contributed by atoms with Crippen LogP contribution in [0.4, 0.5) is 0 Å². The highest BCUT2D eigenvalue weighted by Gasteiger charge is 2.31. The first-order valence-electron chi connectivity index (χ1n) is 5.49. The van der Waals surface area contributed by atoms with Gasteiger partial charge in [0, 0.05) is 11.1 Å². The molecule has 0 unspecified atom stereocenters. The van der Waals surface area contributed by atoms with Crippen LogP contribution in [0.25, 0.3) is 0 Å². The van der Waals surface area contributed by atoms with Crippen LogP contribution in [0.5, 0.6) is 0 Å². The third-order valence-corrected chi connectivity index (χ3v) is 2.87. The summed E-state index contributed by atoms with van der Waals surface area (Å²) in [4.78, 5) is 9.36. The fraction of sp³-hybridized carbons (Fsp3) is 0.818. The first-order chi connectivity index (χ1) is 7.54. The van der Waals surface area contributed by atoms with E-state index in [4.69, 9.17) is 5.11 Å². The Morgan fingerprint density at radius 1 is 1.18 bits per heavy atom. The molecule has 1 rings (SSSR count). The second-order valence-corrected chi connectivity index (χ2v) is 6.22. The number of aliphatic carboxylic acids is 1. The van der Waals surface area contributed by atoms with Crippen molar-refractivity contribution >= 4 is 21.6 Å². The number of hydrogen-bond acceptors (Lipinski definition) is 4. The van der Waals surface area contributed by atoms with Crippen LogP contribution in [-0.2, 0) is 15.1 Å². The molecule has 1 aliphatic rings. The summed E-state index contributed by atoms with van der Waals surface area (Å²) in [5.41, 5.74) is 0.726. The van der Waals surface area contributed by atoms with Gasteiger partial charge >= 0.3 is 5.97 Å². The van der Waals surface area contributed by atoms with Gasteiger partial charge in [-0.25, -0.2) is 4.79 Å². The van der Waals surface area contributed by atoms with E-state index in [2.05, 4.69) is 33.0 Å². The lowest BCUT2D eigenvalue weighted by atomic mass is 9.83. The molecule has 17 heavy (non-hydrogen) atoms. The molecule has 1 heterocycles. The Labute approximate surface area is 104 Å². The van der Waals surface area contributed by atoms with Gasteiger partial charge in [0.2, 0.25) is 10.3 Å². The third kappa shape index (κ3) is 8.88. The number of rotatable bonds is 1. The second-order valence-electron chi connectivity index (χ2n) is 5.46. The van der Waals surface area contributed by atoms with Crippen molar-refractivity contribution in [3.8, 4) is 0 Å². The molecule has 0 atom stereocenters. The molecule has 0 amide bonds. The van der Waals surface area contributed by atoms with Crippen LogP contribution in [0.2, 0.25) is 0 Å². The van der Waals surface area contributed by atoms with Gasteiger partial charge in [-0.2, -0.15) is 8.42 Å². The number of piperidine rings is 1. The molecule has 6 heteroatoms. The van der Waals surface area contributed by atoms with Gasteiger partial charge in [-0.15, -0.1) is 0 Å². The lowest BCUT2D eigenvalue weighted by Gasteiger charge is -2.42. The van der Waals surface area contributed by atoms with Gasteiger partial charge in [-0.1, -0.05) is 0 Å². The minimum Gasteiger partial charge on any atom is -0.477 e. The van der Waals surface area contributed by atoms with Crippen molar-refractivity contribution in [3.63, 3.8) is 0 Å². The maximum absolute atomic E-state index is 9.37. The lowest BCUT2D eigenvalue weighted by Crippen LogP contribution is -2.55. The van der Waals surface area contributed by atoms with Crippen LogP contribution in [0.3, 0.4) is 0 Å². The SMILES string of the molecule is CC1(C)CCCC(C)(C)N1.O=C(O)C=S(=O)=O. The van der Waals surface area contributed by atoms with Crippen molar-refractivity contribution in [3.05, 3.63) is 0 Å². The Bertz CT molecular complexity index is 374. The Balaban J connectivity index is 0.000000325. The standard InChI is InChI=1S/C9H19N.C2H2O4S/c1-8(2)6-5-7-9(3,4)10-8;3-2(4)1-7(5)6/h10H,5-7H2,1-4H3;1H,(H,3,4). The zero-order chi connectivity index (χ0) is 13.7.